The molecule has 0 spiro atoms. The van der Waals surface area contributed by atoms with Gasteiger partial charge in [-0.2, -0.15) is 0 Å². The van der Waals surface area contributed by atoms with E-state index in [2.05, 4.69) is 66.8 Å². The number of hydrogen-bond donors (Lipinski definition) is 1. The maximum atomic E-state index is 4.73. The first-order valence-electron chi connectivity index (χ1n) is 9.53. The maximum Gasteiger partial charge on any atom is 0.136 e. The summed E-state index contributed by atoms with van der Waals surface area (Å²) in [5.74, 6) is 2.66. The van der Waals surface area contributed by atoms with Gasteiger partial charge in [0.1, 0.15) is 17.5 Å². The molecule has 0 aliphatic carbocycles. The molecule has 140 valence electrons. The second-order valence-corrected chi connectivity index (χ2v) is 7.11. The number of aryl methyl sites for hydroxylation is 3. The predicted octanol–water partition coefficient (Wildman–Crippen LogP) is 5.16. The minimum absolute atomic E-state index is 0.843. The Balaban J connectivity index is 1.64. The first kappa shape index (κ1) is 18.9. The summed E-state index contributed by atoms with van der Waals surface area (Å²) in [6, 6.07) is 21.0. The van der Waals surface area contributed by atoms with Gasteiger partial charge in [-0.1, -0.05) is 48.0 Å². The molecule has 0 unspecified atom stereocenters. The Morgan fingerprint density at radius 1 is 0.852 bits per heavy atom. The summed E-state index contributed by atoms with van der Waals surface area (Å²) < 4.78 is 0. The van der Waals surface area contributed by atoms with Crippen LogP contribution in [0.3, 0.4) is 0 Å². The molecule has 3 aromatic rings. The first-order chi connectivity index (χ1) is 13.1. The molecule has 4 nitrogen and oxygen atoms in total. The van der Waals surface area contributed by atoms with Crippen molar-refractivity contribution >= 4 is 17.3 Å². The Morgan fingerprint density at radius 2 is 1.56 bits per heavy atom. The van der Waals surface area contributed by atoms with Crippen LogP contribution in [0.15, 0.2) is 60.7 Å². The van der Waals surface area contributed by atoms with E-state index >= 15 is 0 Å². The zero-order valence-electron chi connectivity index (χ0n) is 16.4. The Labute approximate surface area is 162 Å². The number of aromatic nitrogens is 2. The van der Waals surface area contributed by atoms with Crippen LogP contribution in [0.25, 0.3) is 0 Å². The molecule has 1 aromatic heterocycles. The lowest BCUT2D eigenvalue weighted by Gasteiger charge is -2.15. The highest BCUT2D eigenvalue weighted by Crippen LogP contribution is 2.20. The molecule has 27 heavy (non-hydrogen) atoms. The van der Waals surface area contributed by atoms with Gasteiger partial charge in [-0.05, 0) is 43.9 Å². The first-order valence-corrected chi connectivity index (χ1v) is 9.53. The van der Waals surface area contributed by atoms with E-state index in [-0.39, 0.29) is 0 Å². The van der Waals surface area contributed by atoms with Gasteiger partial charge in [-0.15, -0.1) is 0 Å². The third-order valence-corrected chi connectivity index (χ3v) is 4.50. The van der Waals surface area contributed by atoms with Crippen molar-refractivity contribution in [1.29, 1.82) is 0 Å². The third-order valence-electron chi connectivity index (χ3n) is 4.50. The van der Waals surface area contributed by atoms with Crippen molar-refractivity contribution < 1.29 is 0 Å². The molecule has 4 heteroatoms. The number of hydrogen-bond acceptors (Lipinski definition) is 4. The topological polar surface area (TPSA) is 41.0 Å². The second-order valence-electron chi connectivity index (χ2n) is 7.11. The standard InChI is InChI=1S/C23H28N4/c1-18-13-15-20(16-14-18)24-22-17-23(27(2)3)26-21(25-22)12-8-7-11-19-9-5-4-6-10-19/h4-6,9-10,13-17H,7-8,11-12H2,1-3H3,(H,24,25,26). The van der Waals surface area contributed by atoms with Crippen LogP contribution < -0.4 is 10.2 Å². The lowest BCUT2D eigenvalue weighted by atomic mass is 10.1. The van der Waals surface area contributed by atoms with Crippen molar-refractivity contribution in [1.82, 2.24) is 9.97 Å². The maximum absolute atomic E-state index is 4.73. The van der Waals surface area contributed by atoms with Gasteiger partial charge in [0.2, 0.25) is 0 Å². The molecule has 1 N–H and O–H groups in total. The quantitative estimate of drug-likeness (QED) is 0.563. The van der Waals surface area contributed by atoms with Crippen LogP contribution >= 0.6 is 0 Å². The number of rotatable bonds is 8. The largest absolute Gasteiger partial charge is 0.363 e. The highest BCUT2D eigenvalue weighted by atomic mass is 15.2. The third kappa shape index (κ3) is 5.81. The zero-order chi connectivity index (χ0) is 19.1. The highest BCUT2D eigenvalue weighted by molar-refractivity contribution is 5.59. The number of unbranched alkanes of at least 4 members (excludes halogenated alkanes) is 1. The van der Waals surface area contributed by atoms with E-state index in [1.807, 2.05) is 25.1 Å². The predicted molar refractivity (Wildman–Crippen MR) is 114 cm³/mol. The van der Waals surface area contributed by atoms with E-state index in [0.29, 0.717) is 0 Å². The number of nitrogens with zero attached hydrogens (tertiary/aromatic N) is 3. The van der Waals surface area contributed by atoms with Gasteiger partial charge in [-0.3, -0.25) is 0 Å². The molecule has 3 rings (SSSR count). The van der Waals surface area contributed by atoms with Crippen LogP contribution in [0.1, 0.15) is 29.8 Å². The van der Waals surface area contributed by atoms with E-state index in [4.69, 9.17) is 9.97 Å². The molecule has 0 aliphatic heterocycles. The fraction of sp³-hybridized carbons (Fsp3) is 0.304. The Bertz CT molecular complexity index is 842. The fourth-order valence-electron chi connectivity index (χ4n) is 2.93. The van der Waals surface area contributed by atoms with Gasteiger partial charge in [0, 0.05) is 32.3 Å². The smallest absolute Gasteiger partial charge is 0.136 e. The van der Waals surface area contributed by atoms with Crippen molar-refractivity contribution in [2.45, 2.75) is 32.6 Å². The minimum Gasteiger partial charge on any atom is -0.363 e. The van der Waals surface area contributed by atoms with Crippen molar-refractivity contribution in [3.05, 3.63) is 77.6 Å². The molecule has 0 saturated heterocycles. The molecular weight excluding hydrogens is 332 g/mol. The molecule has 0 fully saturated rings. The summed E-state index contributed by atoms with van der Waals surface area (Å²) in [6.07, 6.45) is 4.20. The molecule has 0 saturated carbocycles. The average Bonchev–Trinajstić information content (AvgIpc) is 2.68. The SMILES string of the molecule is Cc1ccc(Nc2cc(N(C)C)nc(CCCCc3ccccc3)n2)cc1. The van der Waals surface area contributed by atoms with Crippen molar-refractivity contribution in [3.63, 3.8) is 0 Å². The fourth-order valence-corrected chi connectivity index (χ4v) is 2.93. The van der Waals surface area contributed by atoms with E-state index in [0.717, 1.165) is 48.8 Å². The Morgan fingerprint density at radius 3 is 2.26 bits per heavy atom. The molecule has 0 radical (unpaired) electrons. The summed E-state index contributed by atoms with van der Waals surface area (Å²) in [7, 11) is 4.02. The number of benzene rings is 2. The average molecular weight is 361 g/mol. The van der Waals surface area contributed by atoms with E-state index in [1.165, 1.54) is 11.1 Å². The van der Waals surface area contributed by atoms with Crippen molar-refractivity contribution in [3.8, 4) is 0 Å². The minimum atomic E-state index is 0.843. The van der Waals surface area contributed by atoms with Gasteiger partial charge in [0.15, 0.2) is 0 Å². The molecular formula is C23H28N4. The van der Waals surface area contributed by atoms with Crippen LogP contribution in [0.4, 0.5) is 17.3 Å². The molecule has 1 heterocycles. The van der Waals surface area contributed by atoms with Crippen LogP contribution in [-0.4, -0.2) is 24.1 Å². The molecule has 0 amide bonds. The normalized spacial score (nSPS) is 10.6. The molecule has 2 aromatic carbocycles. The van der Waals surface area contributed by atoms with Crippen LogP contribution in [0.2, 0.25) is 0 Å². The monoisotopic (exact) mass is 360 g/mol. The van der Waals surface area contributed by atoms with Gasteiger partial charge < -0.3 is 10.2 Å². The summed E-state index contributed by atoms with van der Waals surface area (Å²) in [6.45, 7) is 2.09. The van der Waals surface area contributed by atoms with Gasteiger partial charge in [-0.25, -0.2) is 9.97 Å². The molecule has 0 atom stereocenters. The summed E-state index contributed by atoms with van der Waals surface area (Å²) in [4.78, 5) is 11.5. The highest BCUT2D eigenvalue weighted by Gasteiger charge is 2.07. The van der Waals surface area contributed by atoms with Gasteiger partial charge in [0.25, 0.3) is 0 Å². The van der Waals surface area contributed by atoms with Crippen LogP contribution in [-0.2, 0) is 12.8 Å². The Kier molecular flexibility index (Phi) is 6.42. The number of anilines is 3. The summed E-state index contributed by atoms with van der Waals surface area (Å²) >= 11 is 0. The summed E-state index contributed by atoms with van der Waals surface area (Å²) in [5.41, 5.74) is 3.68. The van der Waals surface area contributed by atoms with Gasteiger partial charge in [0.05, 0.1) is 0 Å². The zero-order valence-corrected chi connectivity index (χ0v) is 16.4. The lowest BCUT2D eigenvalue weighted by Crippen LogP contribution is -2.13. The second kappa shape index (κ2) is 9.17. The lowest BCUT2D eigenvalue weighted by molar-refractivity contribution is 0.707. The van der Waals surface area contributed by atoms with Crippen LogP contribution in [0, 0.1) is 6.92 Å². The Hall–Kier alpha value is -2.88. The summed E-state index contributed by atoms with van der Waals surface area (Å²) in [5, 5.41) is 3.41. The van der Waals surface area contributed by atoms with E-state index in [9.17, 15) is 0 Å². The van der Waals surface area contributed by atoms with Gasteiger partial charge >= 0.3 is 0 Å². The van der Waals surface area contributed by atoms with Crippen molar-refractivity contribution in [2.24, 2.45) is 0 Å². The van der Waals surface area contributed by atoms with E-state index < -0.39 is 0 Å². The molecule has 0 bridgehead atoms. The molecule has 0 aliphatic rings. The van der Waals surface area contributed by atoms with E-state index in [1.54, 1.807) is 0 Å². The van der Waals surface area contributed by atoms with Crippen molar-refractivity contribution in [2.75, 3.05) is 24.3 Å². The van der Waals surface area contributed by atoms with Crippen LogP contribution in [0.5, 0.6) is 0 Å². The number of nitrogens with one attached hydrogen (secondary N) is 1.